The highest BCUT2D eigenvalue weighted by Gasteiger charge is 2.20. The fraction of sp³-hybridized carbons (Fsp3) is 0.750. The van der Waals surface area contributed by atoms with Gasteiger partial charge in [0, 0.05) is 0 Å². The molecular weight excluding hydrogens is 192 g/mol. The van der Waals surface area contributed by atoms with Crippen molar-refractivity contribution in [3.8, 4) is 0 Å². The molecule has 0 rings (SSSR count). The van der Waals surface area contributed by atoms with Crippen LogP contribution < -0.4 is 0 Å². The van der Waals surface area contributed by atoms with Crippen molar-refractivity contribution in [1.82, 2.24) is 0 Å². The summed E-state index contributed by atoms with van der Waals surface area (Å²) in [7, 11) is 0. The lowest BCUT2D eigenvalue weighted by Crippen LogP contribution is -2.13. The largest absolute Gasteiger partial charge is 0.0839 e. The van der Waals surface area contributed by atoms with E-state index in [-0.39, 0.29) is 10.8 Å². The van der Waals surface area contributed by atoms with Gasteiger partial charge >= 0.3 is 0 Å². The van der Waals surface area contributed by atoms with Crippen molar-refractivity contribution in [3.63, 3.8) is 0 Å². The number of allylic oxidation sites excluding steroid dienone is 4. The average Bonchev–Trinajstić information content (AvgIpc) is 2.07. The smallest absolute Gasteiger partial charge is 0.0135 e. The van der Waals surface area contributed by atoms with Crippen LogP contribution >= 0.6 is 0 Å². The number of hydrogen-bond acceptors (Lipinski definition) is 0. The highest BCUT2D eigenvalue weighted by molar-refractivity contribution is 5.30. The van der Waals surface area contributed by atoms with E-state index in [0.29, 0.717) is 0 Å². The van der Waals surface area contributed by atoms with E-state index in [1.165, 1.54) is 18.4 Å². The van der Waals surface area contributed by atoms with Crippen LogP contribution in [0.5, 0.6) is 0 Å². The van der Waals surface area contributed by atoms with Crippen LogP contribution in [0.3, 0.4) is 0 Å². The SMILES string of the molecule is CC=C(C=C(CCC)C(C)(C)C)C(C)(C)C. The van der Waals surface area contributed by atoms with Crippen LogP contribution in [-0.4, -0.2) is 0 Å². The lowest BCUT2D eigenvalue weighted by Gasteiger charge is -2.27. The van der Waals surface area contributed by atoms with Crippen LogP contribution in [0.15, 0.2) is 23.3 Å². The number of hydrogen-bond donors (Lipinski definition) is 0. The Bertz CT molecular complexity index is 263. The Labute approximate surface area is 103 Å². The van der Waals surface area contributed by atoms with Crippen LogP contribution in [0.2, 0.25) is 0 Å². The summed E-state index contributed by atoms with van der Waals surface area (Å²) >= 11 is 0. The van der Waals surface area contributed by atoms with Gasteiger partial charge in [-0.3, -0.25) is 0 Å². The molecule has 0 spiro atoms. The van der Waals surface area contributed by atoms with Gasteiger partial charge in [0.05, 0.1) is 0 Å². The van der Waals surface area contributed by atoms with Crippen molar-refractivity contribution in [2.24, 2.45) is 10.8 Å². The molecule has 0 nitrogen and oxygen atoms in total. The van der Waals surface area contributed by atoms with Gasteiger partial charge in [0.2, 0.25) is 0 Å². The highest BCUT2D eigenvalue weighted by atomic mass is 14.2. The molecule has 0 aliphatic carbocycles. The van der Waals surface area contributed by atoms with Gasteiger partial charge in [0.15, 0.2) is 0 Å². The van der Waals surface area contributed by atoms with Crippen molar-refractivity contribution >= 4 is 0 Å². The minimum atomic E-state index is 0.249. The predicted molar refractivity (Wildman–Crippen MR) is 75.7 cm³/mol. The molecule has 0 aliphatic heterocycles. The zero-order chi connectivity index (χ0) is 13.0. The molecule has 0 fully saturated rings. The first-order chi connectivity index (χ1) is 7.12. The molecule has 0 saturated carbocycles. The van der Waals surface area contributed by atoms with Crippen LogP contribution in [0.4, 0.5) is 0 Å². The zero-order valence-corrected chi connectivity index (χ0v) is 12.6. The summed E-state index contributed by atoms with van der Waals surface area (Å²) in [5, 5.41) is 0. The maximum atomic E-state index is 2.42. The standard InChI is InChI=1S/C16H30/c1-9-11-14(16(6,7)8)12-13(10-2)15(3,4)5/h10,12H,9,11H2,1-8H3. The summed E-state index contributed by atoms with van der Waals surface area (Å²) in [6.07, 6.45) is 7.10. The van der Waals surface area contributed by atoms with Crippen molar-refractivity contribution in [2.75, 3.05) is 0 Å². The Kier molecular flexibility index (Phi) is 5.52. The third kappa shape index (κ3) is 5.01. The van der Waals surface area contributed by atoms with Crippen LogP contribution in [0.25, 0.3) is 0 Å². The van der Waals surface area contributed by atoms with Crippen LogP contribution in [-0.2, 0) is 0 Å². The second kappa shape index (κ2) is 5.70. The van der Waals surface area contributed by atoms with Gasteiger partial charge in [-0.1, -0.05) is 72.6 Å². The molecule has 0 atom stereocenters. The van der Waals surface area contributed by atoms with Crippen LogP contribution in [0.1, 0.15) is 68.2 Å². The molecule has 0 aromatic rings. The quantitative estimate of drug-likeness (QED) is 0.533. The predicted octanol–water partition coefficient (Wildman–Crippen LogP) is 5.75. The average molecular weight is 222 g/mol. The fourth-order valence-corrected chi connectivity index (χ4v) is 1.85. The van der Waals surface area contributed by atoms with Gasteiger partial charge < -0.3 is 0 Å². The van der Waals surface area contributed by atoms with E-state index in [4.69, 9.17) is 0 Å². The van der Waals surface area contributed by atoms with E-state index in [0.717, 1.165) is 0 Å². The summed E-state index contributed by atoms with van der Waals surface area (Å²) in [5.74, 6) is 0. The van der Waals surface area contributed by atoms with Gasteiger partial charge in [-0.2, -0.15) is 0 Å². The first kappa shape index (κ1) is 15.5. The molecule has 0 heteroatoms. The molecule has 0 heterocycles. The van der Waals surface area contributed by atoms with Crippen molar-refractivity contribution in [1.29, 1.82) is 0 Å². The molecule has 0 aliphatic rings. The first-order valence-electron chi connectivity index (χ1n) is 6.50. The lowest BCUT2D eigenvalue weighted by molar-refractivity contribution is 0.470. The minimum absolute atomic E-state index is 0.249. The van der Waals surface area contributed by atoms with E-state index < -0.39 is 0 Å². The molecule has 94 valence electrons. The monoisotopic (exact) mass is 222 g/mol. The Morgan fingerprint density at radius 3 is 1.69 bits per heavy atom. The molecule has 16 heavy (non-hydrogen) atoms. The minimum Gasteiger partial charge on any atom is -0.0839 e. The number of rotatable bonds is 3. The van der Waals surface area contributed by atoms with Crippen molar-refractivity contribution in [3.05, 3.63) is 23.3 Å². The van der Waals surface area contributed by atoms with Gasteiger partial charge in [0.25, 0.3) is 0 Å². The molecular formula is C16H30. The zero-order valence-electron chi connectivity index (χ0n) is 12.6. The topological polar surface area (TPSA) is 0 Å². The van der Waals surface area contributed by atoms with E-state index in [2.05, 4.69) is 67.5 Å². The Hall–Kier alpha value is -0.520. The lowest BCUT2D eigenvalue weighted by atomic mass is 9.78. The van der Waals surface area contributed by atoms with Crippen LogP contribution in [0, 0.1) is 10.8 Å². The van der Waals surface area contributed by atoms with E-state index in [9.17, 15) is 0 Å². The molecule has 0 unspecified atom stereocenters. The van der Waals surface area contributed by atoms with E-state index in [1.807, 2.05) is 0 Å². The summed E-state index contributed by atoms with van der Waals surface area (Å²) < 4.78 is 0. The second-order valence-electron chi connectivity index (χ2n) is 6.66. The Morgan fingerprint density at radius 2 is 1.44 bits per heavy atom. The third-order valence-corrected chi connectivity index (χ3v) is 2.99. The molecule has 0 radical (unpaired) electrons. The molecule has 0 bridgehead atoms. The maximum absolute atomic E-state index is 2.42. The Balaban J connectivity index is 5.21. The van der Waals surface area contributed by atoms with E-state index in [1.54, 1.807) is 5.57 Å². The molecule has 0 aromatic carbocycles. The van der Waals surface area contributed by atoms with Gasteiger partial charge in [-0.15, -0.1) is 0 Å². The second-order valence-corrected chi connectivity index (χ2v) is 6.66. The van der Waals surface area contributed by atoms with E-state index >= 15 is 0 Å². The molecule has 0 aromatic heterocycles. The molecule has 0 N–H and O–H groups in total. The maximum Gasteiger partial charge on any atom is -0.0135 e. The summed E-state index contributed by atoms with van der Waals surface area (Å²) in [6.45, 7) is 18.2. The highest BCUT2D eigenvalue weighted by Crippen LogP contribution is 2.34. The molecule has 0 amide bonds. The molecule has 0 saturated heterocycles. The fourth-order valence-electron chi connectivity index (χ4n) is 1.85. The normalized spacial score (nSPS) is 15.5. The van der Waals surface area contributed by atoms with Gasteiger partial charge in [-0.25, -0.2) is 0 Å². The summed E-state index contributed by atoms with van der Waals surface area (Å²) in [5.41, 5.74) is 3.55. The van der Waals surface area contributed by atoms with Crippen molar-refractivity contribution < 1.29 is 0 Å². The first-order valence-corrected chi connectivity index (χ1v) is 6.50. The third-order valence-electron chi connectivity index (χ3n) is 2.99. The Morgan fingerprint density at radius 1 is 0.938 bits per heavy atom. The van der Waals surface area contributed by atoms with Gasteiger partial charge in [0.1, 0.15) is 0 Å². The summed E-state index contributed by atoms with van der Waals surface area (Å²) in [4.78, 5) is 0. The van der Waals surface area contributed by atoms with Crippen molar-refractivity contribution in [2.45, 2.75) is 68.2 Å². The summed E-state index contributed by atoms with van der Waals surface area (Å²) in [6, 6.07) is 0. The van der Waals surface area contributed by atoms with Gasteiger partial charge in [-0.05, 0) is 29.7 Å².